The number of amides is 1. The second kappa shape index (κ2) is 5.94. The quantitative estimate of drug-likeness (QED) is 0.889. The van der Waals surface area contributed by atoms with Crippen molar-refractivity contribution >= 4 is 23.2 Å². The largest absolute Gasteiger partial charge is 0.376 e. The van der Waals surface area contributed by atoms with Crippen molar-refractivity contribution in [3.63, 3.8) is 0 Å². The summed E-state index contributed by atoms with van der Waals surface area (Å²) in [5.74, 6) is -0.154. The Kier molecular flexibility index (Phi) is 4.28. The lowest BCUT2D eigenvalue weighted by molar-refractivity contribution is -0.120. The molecule has 100 valence electrons. The molecule has 4 nitrogen and oxygen atoms in total. The van der Waals surface area contributed by atoms with Crippen LogP contribution < -0.4 is 10.6 Å². The summed E-state index contributed by atoms with van der Waals surface area (Å²) in [6, 6.07) is 9.38. The number of rotatable bonds is 4. The van der Waals surface area contributed by atoms with Gasteiger partial charge in [-0.25, -0.2) is 0 Å². The number of anilines is 1. The maximum absolute atomic E-state index is 11.9. The normalized spacial score (nSPS) is 16.6. The number of hydrogen-bond acceptors (Lipinski definition) is 3. The molecule has 0 aliphatic heterocycles. The van der Waals surface area contributed by atoms with Crippen molar-refractivity contribution in [2.24, 2.45) is 0 Å². The summed E-state index contributed by atoms with van der Waals surface area (Å²) in [4.78, 5) is 11.9. The SMILES string of the molecule is N#CC1(NC(=O)CNc2ccc(Cl)cc2)CCCC1. The van der Waals surface area contributed by atoms with Gasteiger partial charge >= 0.3 is 0 Å². The lowest BCUT2D eigenvalue weighted by Crippen LogP contribution is -2.47. The molecular formula is C14H16ClN3O. The number of nitriles is 1. The predicted octanol–water partition coefficient (Wildman–Crippen LogP) is 2.70. The van der Waals surface area contributed by atoms with E-state index in [1.165, 1.54) is 0 Å². The monoisotopic (exact) mass is 277 g/mol. The zero-order chi connectivity index (χ0) is 13.7. The number of carbonyl (C=O) groups excluding carboxylic acids is 1. The summed E-state index contributed by atoms with van der Waals surface area (Å²) >= 11 is 5.78. The van der Waals surface area contributed by atoms with Crippen LogP contribution in [0.3, 0.4) is 0 Å². The van der Waals surface area contributed by atoms with Gasteiger partial charge in [-0.1, -0.05) is 11.6 Å². The molecule has 0 radical (unpaired) electrons. The van der Waals surface area contributed by atoms with Crippen LogP contribution >= 0.6 is 11.6 Å². The predicted molar refractivity (Wildman–Crippen MR) is 74.9 cm³/mol. The van der Waals surface area contributed by atoms with Crippen molar-refractivity contribution in [1.82, 2.24) is 5.32 Å². The zero-order valence-corrected chi connectivity index (χ0v) is 11.3. The van der Waals surface area contributed by atoms with Gasteiger partial charge in [-0.15, -0.1) is 0 Å². The van der Waals surface area contributed by atoms with Crippen molar-refractivity contribution in [1.29, 1.82) is 5.26 Å². The number of carbonyl (C=O) groups is 1. The summed E-state index contributed by atoms with van der Waals surface area (Å²) in [7, 11) is 0. The van der Waals surface area contributed by atoms with E-state index in [0.717, 1.165) is 31.4 Å². The molecule has 0 atom stereocenters. The Morgan fingerprint density at radius 3 is 2.53 bits per heavy atom. The molecule has 2 N–H and O–H groups in total. The van der Waals surface area contributed by atoms with Gasteiger partial charge in [0.05, 0.1) is 12.6 Å². The Labute approximate surface area is 117 Å². The van der Waals surface area contributed by atoms with Crippen LogP contribution in [0.25, 0.3) is 0 Å². The van der Waals surface area contributed by atoms with Crippen molar-refractivity contribution < 1.29 is 4.79 Å². The molecule has 0 unspecified atom stereocenters. The average Bonchev–Trinajstić information content (AvgIpc) is 2.87. The van der Waals surface area contributed by atoms with Gasteiger partial charge in [0.25, 0.3) is 0 Å². The first-order chi connectivity index (χ1) is 9.13. The van der Waals surface area contributed by atoms with Crippen molar-refractivity contribution in [3.05, 3.63) is 29.3 Å². The van der Waals surface area contributed by atoms with Gasteiger partial charge in [0.2, 0.25) is 5.91 Å². The smallest absolute Gasteiger partial charge is 0.240 e. The minimum atomic E-state index is -0.654. The van der Waals surface area contributed by atoms with Crippen LogP contribution in [-0.4, -0.2) is 18.0 Å². The van der Waals surface area contributed by atoms with E-state index in [1.54, 1.807) is 12.1 Å². The van der Waals surface area contributed by atoms with Gasteiger partial charge in [-0.05, 0) is 49.9 Å². The number of halogens is 1. The van der Waals surface area contributed by atoms with E-state index in [4.69, 9.17) is 11.6 Å². The number of benzene rings is 1. The molecule has 5 heteroatoms. The van der Waals surface area contributed by atoms with Gasteiger partial charge in [0.15, 0.2) is 0 Å². The summed E-state index contributed by atoms with van der Waals surface area (Å²) in [5, 5.41) is 15.7. The Balaban J connectivity index is 1.85. The highest BCUT2D eigenvalue weighted by molar-refractivity contribution is 6.30. The van der Waals surface area contributed by atoms with E-state index >= 15 is 0 Å². The lowest BCUT2D eigenvalue weighted by atomic mass is 10.00. The van der Waals surface area contributed by atoms with Gasteiger partial charge < -0.3 is 10.6 Å². The van der Waals surface area contributed by atoms with E-state index in [9.17, 15) is 10.1 Å². The second-order valence-corrected chi connectivity index (χ2v) is 5.25. The van der Waals surface area contributed by atoms with Crippen molar-refractivity contribution in [2.75, 3.05) is 11.9 Å². The van der Waals surface area contributed by atoms with Crippen LogP contribution in [0.15, 0.2) is 24.3 Å². The molecule has 1 aliphatic carbocycles. The Morgan fingerprint density at radius 1 is 1.32 bits per heavy atom. The highest BCUT2D eigenvalue weighted by atomic mass is 35.5. The summed E-state index contributed by atoms with van der Waals surface area (Å²) < 4.78 is 0. The van der Waals surface area contributed by atoms with Crippen LogP contribution in [0, 0.1) is 11.3 Å². The summed E-state index contributed by atoms with van der Waals surface area (Å²) in [6.45, 7) is 0.158. The molecule has 19 heavy (non-hydrogen) atoms. The van der Waals surface area contributed by atoms with Crippen LogP contribution in [0.1, 0.15) is 25.7 Å². The molecule has 1 amide bonds. The molecule has 0 bridgehead atoms. The third-order valence-corrected chi connectivity index (χ3v) is 3.60. The molecule has 1 aromatic rings. The minimum absolute atomic E-state index is 0.154. The highest BCUT2D eigenvalue weighted by Gasteiger charge is 2.35. The second-order valence-electron chi connectivity index (χ2n) is 4.81. The molecule has 2 rings (SSSR count). The maximum atomic E-state index is 11.9. The maximum Gasteiger partial charge on any atom is 0.240 e. The summed E-state index contributed by atoms with van der Waals surface area (Å²) in [5.41, 5.74) is 0.177. The first kappa shape index (κ1) is 13.7. The van der Waals surface area contributed by atoms with Crippen LogP contribution in [0.2, 0.25) is 5.02 Å². The number of nitrogens with zero attached hydrogens (tertiary/aromatic N) is 1. The fraction of sp³-hybridized carbons (Fsp3) is 0.429. The summed E-state index contributed by atoms with van der Waals surface area (Å²) in [6.07, 6.45) is 3.49. The third kappa shape index (κ3) is 3.62. The standard InChI is InChI=1S/C14H16ClN3O/c15-11-3-5-12(6-4-11)17-9-13(19)18-14(10-16)7-1-2-8-14/h3-6,17H,1-2,7-9H2,(H,18,19). The molecule has 0 spiro atoms. The Hall–Kier alpha value is -1.73. The Morgan fingerprint density at radius 2 is 1.95 bits per heavy atom. The number of hydrogen-bond donors (Lipinski definition) is 2. The Bertz CT molecular complexity index is 486. The van der Waals surface area contributed by atoms with Gasteiger partial charge in [-0.3, -0.25) is 4.79 Å². The van der Waals surface area contributed by atoms with E-state index in [0.29, 0.717) is 5.02 Å². The van der Waals surface area contributed by atoms with Crippen molar-refractivity contribution in [3.8, 4) is 6.07 Å². The van der Waals surface area contributed by atoms with Gasteiger partial charge in [-0.2, -0.15) is 5.26 Å². The minimum Gasteiger partial charge on any atom is -0.376 e. The van der Waals surface area contributed by atoms with Crippen LogP contribution in [0.4, 0.5) is 5.69 Å². The zero-order valence-electron chi connectivity index (χ0n) is 10.6. The molecule has 0 aromatic heterocycles. The van der Waals surface area contributed by atoms with E-state index in [1.807, 2.05) is 12.1 Å². The van der Waals surface area contributed by atoms with Crippen LogP contribution in [0.5, 0.6) is 0 Å². The molecule has 1 saturated carbocycles. The van der Waals surface area contributed by atoms with E-state index in [-0.39, 0.29) is 12.5 Å². The van der Waals surface area contributed by atoms with Crippen molar-refractivity contribution in [2.45, 2.75) is 31.2 Å². The third-order valence-electron chi connectivity index (χ3n) is 3.35. The molecule has 1 aliphatic rings. The first-order valence-electron chi connectivity index (χ1n) is 6.35. The van der Waals surface area contributed by atoms with E-state index < -0.39 is 5.54 Å². The van der Waals surface area contributed by atoms with Gasteiger partial charge in [0, 0.05) is 10.7 Å². The fourth-order valence-electron chi connectivity index (χ4n) is 2.30. The van der Waals surface area contributed by atoms with E-state index in [2.05, 4.69) is 16.7 Å². The highest BCUT2D eigenvalue weighted by Crippen LogP contribution is 2.28. The molecule has 0 saturated heterocycles. The molecular weight excluding hydrogens is 262 g/mol. The molecule has 0 heterocycles. The first-order valence-corrected chi connectivity index (χ1v) is 6.73. The molecule has 1 aromatic carbocycles. The number of nitrogens with one attached hydrogen (secondary N) is 2. The van der Waals surface area contributed by atoms with Gasteiger partial charge in [0.1, 0.15) is 5.54 Å². The molecule has 1 fully saturated rings. The van der Waals surface area contributed by atoms with Crippen LogP contribution in [-0.2, 0) is 4.79 Å². The lowest BCUT2D eigenvalue weighted by Gasteiger charge is -2.22. The fourth-order valence-corrected chi connectivity index (χ4v) is 2.43. The topological polar surface area (TPSA) is 64.9 Å². The average molecular weight is 278 g/mol.